The largest absolute Gasteiger partial charge is 0.414 e. The van der Waals surface area contributed by atoms with Crippen molar-refractivity contribution in [2.24, 2.45) is 0 Å². The third kappa shape index (κ3) is 8.31. The molecule has 0 aliphatic heterocycles. The normalized spacial score (nSPS) is 15.6. The summed E-state index contributed by atoms with van der Waals surface area (Å²) in [7, 11) is 0. The van der Waals surface area contributed by atoms with E-state index in [0.29, 0.717) is 5.25 Å². The van der Waals surface area contributed by atoms with Gasteiger partial charge in [0.05, 0.1) is 16.6 Å². The molecule has 0 radical (unpaired) electrons. The molecule has 3 atom stereocenters. The van der Waals surface area contributed by atoms with E-state index in [-0.39, 0.29) is 5.90 Å². The van der Waals surface area contributed by atoms with Crippen LogP contribution in [-0.2, 0) is 28.1 Å². The molecule has 7 heteroatoms. The maximum absolute atomic E-state index is 5.44. The highest BCUT2D eigenvalue weighted by Gasteiger charge is 2.18. The molecule has 0 heterocycles. The molecule has 0 saturated heterocycles. The number of hydrogen-bond acceptors (Lipinski definition) is 5. The van der Waals surface area contributed by atoms with E-state index < -0.39 is 6.13 Å². The molecule has 12 heavy (non-hydrogen) atoms. The zero-order chi connectivity index (χ0) is 9.56. The average molecular weight is 278 g/mol. The van der Waals surface area contributed by atoms with E-state index in [0.717, 1.165) is 6.61 Å². The summed E-state index contributed by atoms with van der Waals surface area (Å²) < 4.78 is 5.44. The Morgan fingerprint density at radius 2 is 2.08 bits per heavy atom. The van der Waals surface area contributed by atoms with Crippen LogP contribution in [0, 0.1) is 0 Å². The summed E-state index contributed by atoms with van der Waals surface area (Å²) in [6.45, 7) is 4.95. The maximum atomic E-state index is 5.44. The summed E-state index contributed by atoms with van der Waals surface area (Å²) in [6.07, 6.45) is 1.31. The fourth-order valence-corrected chi connectivity index (χ4v) is 5.40. The van der Waals surface area contributed by atoms with E-state index in [2.05, 4.69) is 13.6 Å². The van der Waals surface area contributed by atoms with Gasteiger partial charge in [-0.1, -0.05) is 0 Å². The molecule has 0 aromatic carbocycles. The average Bonchev–Trinajstić information content (AvgIpc) is 1.99. The first kappa shape index (κ1) is 13.7. The second kappa shape index (κ2) is 8.05. The molecule has 0 aromatic heterocycles. The van der Waals surface area contributed by atoms with Gasteiger partial charge in [0.1, 0.15) is 24.7 Å². The van der Waals surface area contributed by atoms with Gasteiger partial charge >= 0.3 is 6.13 Å². The number of hydrogen-bond donors (Lipinski definition) is 0. The van der Waals surface area contributed by atoms with Crippen LogP contribution in [-0.4, -0.2) is 24.8 Å². The maximum Gasteiger partial charge on any atom is 0.414 e. The highest BCUT2D eigenvalue weighted by Crippen LogP contribution is 2.41. The third-order valence-electron chi connectivity index (χ3n) is 0.892. The molecule has 1 nitrogen and oxygen atoms in total. The van der Waals surface area contributed by atoms with E-state index in [9.17, 15) is 0 Å². The monoisotopic (exact) mass is 278 g/mol. The van der Waals surface area contributed by atoms with Crippen LogP contribution in [0.4, 0.5) is 0 Å². The lowest BCUT2D eigenvalue weighted by atomic mass is 10.5. The van der Waals surface area contributed by atoms with Crippen molar-refractivity contribution in [2.45, 2.75) is 12.2 Å². The van der Waals surface area contributed by atoms with Gasteiger partial charge in [0.15, 0.2) is 11.8 Å². The van der Waals surface area contributed by atoms with Crippen LogP contribution in [0.25, 0.3) is 0 Å². The minimum absolute atomic E-state index is 0.289. The first-order valence-corrected chi connectivity index (χ1v) is 11.7. The molecule has 0 saturated carbocycles. The van der Waals surface area contributed by atoms with Gasteiger partial charge in [0, 0.05) is 6.26 Å². The van der Waals surface area contributed by atoms with E-state index >= 15 is 0 Å². The van der Waals surface area contributed by atoms with Crippen LogP contribution in [0.1, 0.15) is 6.92 Å². The fourth-order valence-electron chi connectivity index (χ4n) is 0.502. The van der Waals surface area contributed by atoms with Gasteiger partial charge < -0.3 is 0 Å². The van der Waals surface area contributed by atoms with Gasteiger partial charge in [-0.3, -0.25) is 0 Å². The summed E-state index contributed by atoms with van der Waals surface area (Å²) in [4.78, 5) is 0. The Labute approximate surface area is 94.2 Å². The fraction of sp³-hybridized carbons (Fsp3) is 1.00. The molecule has 0 aliphatic carbocycles. The zero-order valence-corrected chi connectivity index (χ0v) is 12.3. The van der Waals surface area contributed by atoms with E-state index in [1.807, 2.05) is 17.6 Å². The summed E-state index contributed by atoms with van der Waals surface area (Å²) >= 11 is 13.6. The van der Waals surface area contributed by atoms with Gasteiger partial charge in [0.25, 0.3) is 0 Å². The summed E-state index contributed by atoms with van der Waals surface area (Å²) in [6, 6.07) is 0. The molecule has 0 amide bonds. The zero-order valence-electron chi connectivity index (χ0n) is 7.22. The van der Waals surface area contributed by atoms with Crippen LogP contribution in [0.3, 0.4) is 0 Å². The Hall–Kier alpha value is 1.70. The smallest absolute Gasteiger partial charge is 0.157 e. The topological polar surface area (TPSA) is 9.23 Å². The Morgan fingerprint density at radius 1 is 1.50 bits per heavy atom. The molecule has 0 N–H and O–H groups in total. The first-order chi connectivity index (χ1) is 5.56. The van der Waals surface area contributed by atoms with Crippen molar-refractivity contribution in [3.63, 3.8) is 0 Å². The lowest BCUT2D eigenvalue weighted by Gasteiger charge is -1.97. The van der Waals surface area contributed by atoms with Crippen LogP contribution in [0.15, 0.2) is 0 Å². The number of rotatable bonds is 6. The predicted molar refractivity (Wildman–Crippen MR) is 71.0 cm³/mol. The van der Waals surface area contributed by atoms with Crippen molar-refractivity contribution in [1.29, 1.82) is 0 Å². The lowest BCUT2D eigenvalue weighted by Crippen LogP contribution is -2.01. The lowest BCUT2D eigenvalue weighted by molar-refractivity contribution is 0.374. The minimum atomic E-state index is -0.676. The summed E-state index contributed by atoms with van der Waals surface area (Å²) in [5.41, 5.74) is 0. The van der Waals surface area contributed by atoms with Gasteiger partial charge in [0.2, 0.25) is 17.7 Å². The van der Waals surface area contributed by atoms with Gasteiger partial charge in [-0.25, -0.2) is 0 Å². The van der Waals surface area contributed by atoms with Crippen LogP contribution in [0.2, 0.25) is 0 Å². The molecule has 0 aromatic rings. The first-order valence-electron chi connectivity index (χ1n) is 3.28. The Balaban J connectivity index is 3.50. The third-order valence-corrected chi connectivity index (χ3v) is 7.96. The van der Waals surface area contributed by atoms with Crippen molar-refractivity contribution in [3.8, 4) is 0 Å². The molecule has 3 unspecified atom stereocenters. The standard InChI is InChI=1S/C5H12OP2S4/c1-5(12-7(2)9)4-6-8(10)11-3/h5H,4H2,1-3H3/q+2. The van der Waals surface area contributed by atoms with E-state index in [1.165, 1.54) is 0 Å². The predicted octanol–water partition coefficient (Wildman–Crippen LogP) is 3.75. The summed E-state index contributed by atoms with van der Waals surface area (Å²) in [5, 5.41) is 0.485. The van der Waals surface area contributed by atoms with Crippen molar-refractivity contribution >= 4 is 58.4 Å². The van der Waals surface area contributed by atoms with Crippen LogP contribution < -0.4 is 0 Å². The minimum Gasteiger partial charge on any atom is -0.157 e. The van der Waals surface area contributed by atoms with Crippen molar-refractivity contribution in [3.05, 3.63) is 0 Å². The van der Waals surface area contributed by atoms with Gasteiger partial charge in [-0.15, -0.1) is 0 Å². The highest BCUT2D eigenvalue weighted by atomic mass is 32.9. The SMILES string of the molecule is CS[P+](=S)OCC(C)S[P+](C)=S. The quantitative estimate of drug-likeness (QED) is 0.682. The molecule has 0 spiro atoms. The molecule has 0 bridgehead atoms. The second-order valence-electron chi connectivity index (χ2n) is 2.06. The Kier molecular flexibility index (Phi) is 9.19. The van der Waals surface area contributed by atoms with E-state index in [4.69, 9.17) is 28.1 Å². The van der Waals surface area contributed by atoms with Crippen molar-refractivity contribution < 1.29 is 4.52 Å². The molecule has 0 aliphatic rings. The molecular weight excluding hydrogens is 266 g/mol. The van der Waals surface area contributed by atoms with E-state index in [1.54, 1.807) is 11.4 Å². The van der Waals surface area contributed by atoms with Crippen molar-refractivity contribution in [1.82, 2.24) is 0 Å². The summed E-state index contributed by atoms with van der Waals surface area (Å²) in [5.74, 6) is -0.289. The van der Waals surface area contributed by atoms with Gasteiger partial charge in [-0.05, 0) is 6.92 Å². The second-order valence-corrected chi connectivity index (χ2v) is 13.4. The molecule has 70 valence electrons. The van der Waals surface area contributed by atoms with Gasteiger partial charge in [-0.2, -0.15) is 4.52 Å². The highest BCUT2D eigenvalue weighted by molar-refractivity contribution is 8.64. The van der Waals surface area contributed by atoms with Crippen molar-refractivity contribution in [2.75, 3.05) is 19.5 Å². The van der Waals surface area contributed by atoms with Crippen LogP contribution >= 0.6 is 34.8 Å². The molecule has 0 fully saturated rings. The Morgan fingerprint density at radius 3 is 2.50 bits per heavy atom. The molecular formula is C5H12OP2S4+2. The van der Waals surface area contributed by atoms with Crippen LogP contribution in [0.5, 0.6) is 0 Å². The molecule has 0 rings (SSSR count). The Bertz CT molecular complexity index is 175.